The molecule has 41 heavy (non-hydrogen) atoms. The Balaban J connectivity index is 1.61. The average molecular weight is 586 g/mol. The van der Waals surface area contributed by atoms with E-state index in [2.05, 4.69) is 16.0 Å². The number of phenolic OH excluding ortho intramolecular Hbond substituents is 1. The Labute approximate surface area is 240 Å². The number of rotatable bonds is 11. The number of carboxylic acids is 1. The molecule has 0 spiro atoms. The molecule has 0 unspecified atom stereocenters. The number of nitrogens with one attached hydrogen (secondary N) is 3. The number of aryl methyl sites for hydroxylation is 2. The number of aromatic hydroxyl groups is 1. The number of aliphatic carboxylic acids is 1. The van der Waals surface area contributed by atoms with Crippen molar-refractivity contribution in [1.29, 1.82) is 0 Å². The number of carbonyl (C=O) groups excluding carboxylic acids is 3. The molecular formula is C29H32ClN3O8. The number of hydrogen-bond donors (Lipinski definition) is 5. The molecule has 3 rings (SSSR count). The summed E-state index contributed by atoms with van der Waals surface area (Å²) in [6, 6.07) is 7.29. The fourth-order valence-corrected chi connectivity index (χ4v) is 4.39. The van der Waals surface area contributed by atoms with Crippen LogP contribution >= 0.6 is 11.6 Å². The van der Waals surface area contributed by atoms with Gasteiger partial charge in [0.15, 0.2) is 0 Å². The highest BCUT2D eigenvalue weighted by Gasteiger charge is 2.29. The molecule has 3 amide bonds. The minimum Gasteiger partial charge on any atom is -0.508 e. The van der Waals surface area contributed by atoms with Crippen LogP contribution in [0.3, 0.4) is 0 Å². The van der Waals surface area contributed by atoms with E-state index >= 15 is 0 Å². The standard InChI is InChI=1S/C29H32ClN3O8/c1-14(2)25(27(37)32-21(28(38)39)11-17-5-7-18(30)8-6-17)33-24(36)13-31-23(35)12-20-15(3)19-9-10-22(34)16(4)26(19)41-29(20)40/h5-10,14,21,25,34H,11-13H2,1-4H3,(H,31,35)(H,32,37)(H,33,36)(H,38,39)/t21-,25-/m0/s1. The maximum absolute atomic E-state index is 12.9. The van der Waals surface area contributed by atoms with Gasteiger partial charge in [0.1, 0.15) is 23.4 Å². The molecule has 1 heterocycles. The lowest BCUT2D eigenvalue weighted by atomic mass is 10.0. The van der Waals surface area contributed by atoms with E-state index in [0.29, 0.717) is 27.1 Å². The van der Waals surface area contributed by atoms with E-state index in [1.807, 2.05) is 0 Å². The summed E-state index contributed by atoms with van der Waals surface area (Å²) in [5, 5.41) is 28.0. The van der Waals surface area contributed by atoms with Crippen LogP contribution in [-0.2, 0) is 32.0 Å². The minimum absolute atomic E-state index is 0.00989. The lowest BCUT2D eigenvalue weighted by Gasteiger charge is -2.24. The van der Waals surface area contributed by atoms with E-state index in [4.69, 9.17) is 16.0 Å². The fraction of sp³-hybridized carbons (Fsp3) is 0.345. The van der Waals surface area contributed by atoms with Gasteiger partial charge in [-0.15, -0.1) is 0 Å². The summed E-state index contributed by atoms with van der Waals surface area (Å²) in [6.45, 7) is 6.15. The van der Waals surface area contributed by atoms with Crippen LogP contribution in [0.15, 0.2) is 45.6 Å². The van der Waals surface area contributed by atoms with Crippen molar-refractivity contribution in [2.24, 2.45) is 5.92 Å². The van der Waals surface area contributed by atoms with Gasteiger partial charge in [-0.3, -0.25) is 14.4 Å². The molecule has 0 fully saturated rings. The van der Waals surface area contributed by atoms with Crippen molar-refractivity contribution in [3.8, 4) is 5.75 Å². The van der Waals surface area contributed by atoms with Crippen LogP contribution in [0.1, 0.15) is 36.1 Å². The molecule has 2 atom stereocenters. The van der Waals surface area contributed by atoms with Gasteiger partial charge in [0.2, 0.25) is 17.7 Å². The Morgan fingerprint density at radius 3 is 2.22 bits per heavy atom. The molecule has 0 radical (unpaired) electrons. The van der Waals surface area contributed by atoms with Crippen LogP contribution in [0.25, 0.3) is 11.0 Å². The molecule has 12 heteroatoms. The zero-order chi connectivity index (χ0) is 30.4. The summed E-state index contributed by atoms with van der Waals surface area (Å²) < 4.78 is 5.34. The normalized spacial score (nSPS) is 12.5. The Hall–Kier alpha value is -4.38. The topological polar surface area (TPSA) is 175 Å². The highest BCUT2D eigenvalue weighted by molar-refractivity contribution is 6.30. The van der Waals surface area contributed by atoms with Crippen molar-refractivity contribution in [3.05, 3.63) is 74.1 Å². The molecule has 0 aliphatic rings. The summed E-state index contributed by atoms with van der Waals surface area (Å²) in [5.41, 5.74) is 1.18. The van der Waals surface area contributed by atoms with Gasteiger partial charge in [-0.1, -0.05) is 37.6 Å². The number of fused-ring (bicyclic) bond motifs is 1. The number of carboxylic acid groups (broad SMARTS) is 1. The number of hydrogen-bond acceptors (Lipinski definition) is 7. The Kier molecular flexibility index (Phi) is 10.1. The van der Waals surface area contributed by atoms with Gasteiger partial charge in [0.25, 0.3) is 0 Å². The third kappa shape index (κ3) is 7.85. The number of phenols is 1. The summed E-state index contributed by atoms with van der Waals surface area (Å²) in [7, 11) is 0. The predicted molar refractivity (Wildman–Crippen MR) is 152 cm³/mol. The first-order valence-corrected chi connectivity index (χ1v) is 13.2. The van der Waals surface area contributed by atoms with Crippen LogP contribution in [0.4, 0.5) is 0 Å². The highest BCUT2D eigenvalue weighted by Crippen LogP contribution is 2.28. The van der Waals surface area contributed by atoms with Crippen LogP contribution in [0.2, 0.25) is 5.02 Å². The first-order chi connectivity index (χ1) is 19.3. The SMILES string of the molecule is Cc1c(CC(=O)NCC(=O)N[C@H](C(=O)N[C@@H](Cc2ccc(Cl)cc2)C(=O)O)C(C)C)c(=O)oc2c(C)c(O)ccc12. The number of halogens is 1. The number of carbonyl (C=O) groups is 4. The molecule has 0 aliphatic heterocycles. The second-order valence-electron chi connectivity index (χ2n) is 10.1. The van der Waals surface area contributed by atoms with Crippen LogP contribution in [-0.4, -0.2) is 52.5 Å². The summed E-state index contributed by atoms with van der Waals surface area (Å²) in [6.07, 6.45) is -0.341. The molecule has 0 bridgehead atoms. The van der Waals surface area contributed by atoms with Crippen LogP contribution in [0, 0.1) is 19.8 Å². The molecule has 218 valence electrons. The maximum atomic E-state index is 12.9. The van der Waals surface area contributed by atoms with Crippen molar-refractivity contribution in [2.75, 3.05) is 6.54 Å². The number of benzene rings is 2. The Bertz CT molecular complexity index is 1530. The molecule has 11 nitrogen and oxygen atoms in total. The lowest BCUT2D eigenvalue weighted by Crippen LogP contribution is -2.55. The minimum atomic E-state index is -1.24. The quantitative estimate of drug-likeness (QED) is 0.213. The first-order valence-electron chi connectivity index (χ1n) is 12.9. The van der Waals surface area contributed by atoms with Crippen molar-refractivity contribution in [1.82, 2.24) is 16.0 Å². The molecule has 0 aliphatic carbocycles. The van der Waals surface area contributed by atoms with Crippen LogP contribution in [0.5, 0.6) is 5.75 Å². The molecule has 5 N–H and O–H groups in total. The Morgan fingerprint density at radius 2 is 1.61 bits per heavy atom. The van der Waals surface area contributed by atoms with Gasteiger partial charge < -0.3 is 30.6 Å². The van der Waals surface area contributed by atoms with Gasteiger partial charge >= 0.3 is 11.6 Å². The lowest BCUT2D eigenvalue weighted by molar-refractivity contribution is -0.142. The predicted octanol–water partition coefficient (Wildman–Crippen LogP) is 2.38. The van der Waals surface area contributed by atoms with Gasteiger partial charge in [-0.2, -0.15) is 0 Å². The van der Waals surface area contributed by atoms with Crippen molar-refractivity contribution in [3.63, 3.8) is 0 Å². The van der Waals surface area contributed by atoms with E-state index in [-0.39, 0.29) is 29.7 Å². The van der Waals surface area contributed by atoms with E-state index in [1.165, 1.54) is 6.07 Å². The summed E-state index contributed by atoms with van der Waals surface area (Å²) >= 11 is 5.87. The van der Waals surface area contributed by atoms with Gasteiger partial charge in [-0.05, 0) is 55.2 Å². The monoisotopic (exact) mass is 585 g/mol. The second-order valence-corrected chi connectivity index (χ2v) is 10.5. The van der Waals surface area contributed by atoms with Crippen molar-refractivity contribution >= 4 is 46.3 Å². The largest absolute Gasteiger partial charge is 0.508 e. The highest BCUT2D eigenvalue weighted by atomic mass is 35.5. The molecular weight excluding hydrogens is 554 g/mol. The molecule has 1 aromatic heterocycles. The zero-order valence-corrected chi connectivity index (χ0v) is 23.8. The van der Waals surface area contributed by atoms with E-state index in [9.17, 15) is 34.2 Å². The van der Waals surface area contributed by atoms with Crippen LogP contribution < -0.4 is 21.6 Å². The molecule has 2 aromatic carbocycles. The van der Waals surface area contributed by atoms with Crippen molar-refractivity contribution < 1.29 is 33.8 Å². The first kappa shape index (κ1) is 31.2. The zero-order valence-electron chi connectivity index (χ0n) is 23.0. The van der Waals surface area contributed by atoms with Gasteiger partial charge in [0, 0.05) is 22.4 Å². The average Bonchev–Trinajstić information content (AvgIpc) is 2.91. The van der Waals surface area contributed by atoms with Gasteiger partial charge in [0.05, 0.1) is 18.5 Å². The number of amides is 3. The van der Waals surface area contributed by atoms with Crippen molar-refractivity contribution in [2.45, 2.75) is 52.6 Å². The molecule has 3 aromatic rings. The van der Waals surface area contributed by atoms with E-state index < -0.39 is 53.9 Å². The van der Waals surface area contributed by atoms with E-state index in [0.717, 1.165) is 0 Å². The molecule has 0 saturated carbocycles. The Morgan fingerprint density at radius 1 is 0.951 bits per heavy atom. The summed E-state index contributed by atoms with van der Waals surface area (Å²) in [4.78, 5) is 62.4. The van der Waals surface area contributed by atoms with E-state index in [1.54, 1.807) is 58.0 Å². The fourth-order valence-electron chi connectivity index (χ4n) is 4.26. The smallest absolute Gasteiger partial charge is 0.340 e. The van der Waals surface area contributed by atoms with Gasteiger partial charge in [-0.25, -0.2) is 9.59 Å². The maximum Gasteiger partial charge on any atom is 0.340 e. The third-order valence-electron chi connectivity index (χ3n) is 6.69. The third-order valence-corrected chi connectivity index (χ3v) is 6.94. The molecule has 0 saturated heterocycles. The second kappa shape index (κ2) is 13.3. The summed E-state index contributed by atoms with van der Waals surface area (Å²) in [5.74, 6) is -3.64.